The molecule has 0 spiro atoms. The van der Waals surface area contributed by atoms with Crippen LogP contribution in [-0.2, 0) is 11.4 Å². The van der Waals surface area contributed by atoms with E-state index in [4.69, 9.17) is 39.5 Å². The van der Waals surface area contributed by atoms with E-state index < -0.39 is 0 Å². The molecule has 30 heavy (non-hydrogen) atoms. The van der Waals surface area contributed by atoms with Gasteiger partial charge in [0.15, 0.2) is 5.75 Å². The lowest BCUT2D eigenvalue weighted by atomic mass is 10.1. The van der Waals surface area contributed by atoms with Crippen molar-refractivity contribution in [2.24, 2.45) is 0 Å². The first kappa shape index (κ1) is 21.3. The van der Waals surface area contributed by atoms with Crippen LogP contribution in [0.5, 0.6) is 5.75 Å². The summed E-state index contributed by atoms with van der Waals surface area (Å²) in [7, 11) is 0. The molecule has 1 fully saturated rings. The first-order chi connectivity index (χ1) is 14.4. The van der Waals surface area contributed by atoms with Crippen LogP contribution in [-0.4, -0.2) is 11.7 Å². The Morgan fingerprint density at radius 2 is 1.73 bits per heavy atom. The standard InChI is InChI=1S/C22H15Cl3FNO2S/c23-15-4-6-17(7-5-15)27-20(28)12-30-22(27)14-9-18(24)21(19(25)10-14)29-11-13-2-1-3-16(26)8-13/h1-10,22H,11-12H2/t22-/m1/s1. The van der Waals surface area contributed by atoms with Gasteiger partial charge >= 0.3 is 0 Å². The molecule has 1 aliphatic heterocycles. The Hall–Kier alpha value is -1.92. The second-order valence-electron chi connectivity index (χ2n) is 6.64. The second-order valence-corrected chi connectivity index (χ2v) is 8.96. The first-order valence-corrected chi connectivity index (χ1v) is 11.2. The van der Waals surface area contributed by atoms with Crippen LogP contribution in [0.25, 0.3) is 0 Å². The van der Waals surface area contributed by atoms with Crippen molar-refractivity contribution < 1.29 is 13.9 Å². The van der Waals surface area contributed by atoms with Crippen molar-refractivity contribution in [1.29, 1.82) is 0 Å². The third-order valence-corrected chi connectivity index (χ3v) is 6.58. The molecule has 1 aliphatic rings. The number of anilines is 1. The lowest BCUT2D eigenvalue weighted by molar-refractivity contribution is -0.115. The summed E-state index contributed by atoms with van der Waals surface area (Å²) in [6.45, 7) is 0.129. The molecule has 0 N–H and O–H groups in total. The van der Waals surface area contributed by atoms with Crippen LogP contribution >= 0.6 is 46.6 Å². The maximum absolute atomic E-state index is 13.4. The summed E-state index contributed by atoms with van der Waals surface area (Å²) < 4.78 is 19.1. The van der Waals surface area contributed by atoms with E-state index in [-0.39, 0.29) is 23.7 Å². The Labute approximate surface area is 192 Å². The molecule has 8 heteroatoms. The highest BCUT2D eigenvalue weighted by Crippen LogP contribution is 2.45. The molecule has 0 aliphatic carbocycles. The molecule has 0 radical (unpaired) electrons. The van der Waals surface area contributed by atoms with Crippen molar-refractivity contribution in [3.05, 3.63) is 92.7 Å². The van der Waals surface area contributed by atoms with Gasteiger partial charge in [0, 0.05) is 10.7 Å². The average Bonchev–Trinajstić information content (AvgIpc) is 3.09. The summed E-state index contributed by atoms with van der Waals surface area (Å²) in [5, 5.41) is 0.973. The minimum atomic E-state index is -0.339. The molecule has 1 atom stereocenters. The smallest absolute Gasteiger partial charge is 0.238 e. The maximum atomic E-state index is 13.4. The molecule has 0 saturated carbocycles. The molecule has 3 aromatic carbocycles. The number of thioether (sulfide) groups is 1. The van der Waals surface area contributed by atoms with Gasteiger partial charge in [-0.25, -0.2) is 4.39 Å². The third-order valence-electron chi connectivity index (χ3n) is 4.55. The van der Waals surface area contributed by atoms with Crippen LogP contribution in [0.3, 0.4) is 0 Å². The number of rotatable bonds is 5. The number of nitrogens with zero attached hydrogens (tertiary/aromatic N) is 1. The van der Waals surface area contributed by atoms with Crippen molar-refractivity contribution in [2.45, 2.75) is 12.0 Å². The van der Waals surface area contributed by atoms with Crippen molar-refractivity contribution >= 4 is 58.2 Å². The molecular weight excluding hydrogens is 468 g/mol. The Balaban J connectivity index is 1.58. The fourth-order valence-electron chi connectivity index (χ4n) is 3.19. The molecule has 3 aromatic rings. The highest BCUT2D eigenvalue weighted by atomic mass is 35.5. The summed E-state index contributed by atoms with van der Waals surface area (Å²) in [5.74, 6) is 0.318. The van der Waals surface area contributed by atoms with E-state index in [1.54, 1.807) is 53.4 Å². The topological polar surface area (TPSA) is 29.5 Å². The Morgan fingerprint density at radius 1 is 1.03 bits per heavy atom. The number of hydrogen-bond donors (Lipinski definition) is 0. The summed E-state index contributed by atoms with van der Waals surface area (Å²) in [6.07, 6.45) is 0. The number of halogens is 4. The molecule has 154 valence electrons. The molecule has 0 unspecified atom stereocenters. The van der Waals surface area contributed by atoms with Crippen LogP contribution in [0.15, 0.2) is 60.7 Å². The van der Waals surface area contributed by atoms with Gasteiger partial charge in [-0.2, -0.15) is 0 Å². The van der Waals surface area contributed by atoms with Crippen LogP contribution in [0.2, 0.25) is 15.1 Å². The van der Waals surface area contributed by atoms with E-state index in [1.165, 1.54) is 23.9 Å². The summed E-state index contributed by atoms with van der Waals surface area (Å²) in [5.41, 5.74) is 2.20. The van der Waals surface area contributed by atoms with Gasteiger partial charge in [0.05, 0.1) is 15.8 Å². The monoisotopic (exact) mass is 481 g/mol. The van der Waals surface area contributed by atoms with Crippen molar-refractivity contribution in [3.8, 4) is 5.75 Å². The molecule has 1 amide bonds. The zero-order valence-electron chi connectivity index (χ0n) is 15.4. The molecule has 4 rings (SSSR count). The number of benzene rings is 3. The van der Waals surface area contributed by atoms with E-state index in [9.17, 15) is 9.18 Å². The lowest BCUT2D eigenvalue weighted by Crippen LogP contribution is -2.27. The van der Waals surface area contributed by atoms with Crippen LogP contribution < -0.4 is 9.64 Å². The zero-order chi connectivity index (χ0) is 21.3. The van der Waals surface area contributed by atoms with Crippen LogP contribution in [0, 0.1) is 5.82 Å². The lowest BCUT2D eigenvalue weighted by Gasteiger charge is -2.25. The number of amides is 1. The molecule has 3 nitrogen and oxygen atoms in total. The van der Waals surface area contributed by atoms with E-state index in [0.29, 0.717) is 32.1 Å². The predicted molar refractivity (Wildman–Crippen MR) is 121 cm³/mol. The van der Waals surface area contributed by atoms with Crippen molar-refractivity contribution in [3.63, 3.8) is 0 Å². The SMILES string of the molecule is O=C1CS[C@H](c2cc(Cl)c(OCc3cccc(F)c3)c(Cl)c2)N1c1ccc(Cl)cc1. The van der Waals surface area contributed by atoms with Gasteiger partial charge in [-0.1, -0.05) is 46.9 Å². The predicted octanol–water partition coefficient (Wildman–Crippen LogP) is 7.14. The largest absolute Gasteiger partial charge is 0.486 e. The number of carbonyl (C=O) groups excluding carboxylic acids is 1. The Morgan fingerprint density at radius 3 is 2.40 bits per heavy atom. The summed E-state index contributed by atoms with van der Waals surface area (Å²) in [4.78, 5) is 14.2. The molecule has 1 saturated heterocycles. The fraction of sp³-hybridized carbons (Fsp3) is 0.136. The van der Waals surface area contributed by atoms with Gasteiger partial charge in [0.25, 0.3) is 0 Å². The fourth-order valence-corrected chi connectivity index (χ4v) is 5.09. The van der Waals surface area contributed by atoms with Gasteiger partial charge in [0.2, 0.25) is 5.91 Å². The maximum Gasteiger partial charge on any atom is 0.238 e. The molecular formula is C22H15Cl3FNO2S. The summed E-state index contributed by atoms with van der Waals surface area (Å²) in [6, 6.07) is 16.7. The van der Waals surface area contributed by atoms with Gasteiger partial charge in [-0.15, -0.1) is 11.8 Å². The molecule has 0 bridgehead atoms. The van der Waals surface area contributed by atoms with Gasteiger partial charge in [0.1, 0.15) is 17.8 Å². The average molecular weight is 483 g/mol. The van der Waals surface area contributed by atoms with Crippen molar-refractivity contribution in [1.82, 2.24) is 0 Å². The first-order valence-electron chi connectivity index (χ1n) is 8.98. The number of ether oxygens (including phenoxy) is 1. The van der Waals surface area contributed by atoms with Gasteiger partial charge in [-0.05, 0) is 59.7 Å². The van der Waals surface area contributed by atoms with E-state index in [2.05, 4.69) is 0 Å². The molecule has 1 heterocycles. The second kappa shape index (κ2) is 9.06. The number of carbonyl (C=O) groups is 1. The highest BCUT2D eigenvalue weighted by Gasteiger charge is 2.34. The van der Waals surface area contributed by atoms with Crippen LogP contribution in [0.4, 0.5) is 10.1 Å². The van der Waals surface area contributed by atoms with Crippen molar-refractivity contribution in [2.75, 3.05) is 10.7 Å². The van der Waals surface area contributed by atoms with E-state index in [0.717, 1.165) is 11.3 Å². The quantitative estimate of drug-likeness (QED) is 0.387. The third kappa shape index (κ3) is 4.54. The van der Waals surface area contributed by atoms with Gasteiger partial charge in [-0.3, -0.25) is 9.69 Å². The van der Waals surface area contributed by atoms with Crippen LogP contribution in [0.1, 0.15) is 16.5 Å². The Bertz CT molecular complexity index is 1070. The van der Waals surface area contributed by atoms with E-state index >= 15 is 0 Å². The van der Waals surface area contributed by atoms with Gasteiger partial charge < -0.3 is 4.74 Å². The summed E-state index contributed by atoms with van der Waals surface area (Å²) >= 11 is 20.4. The normalized spacial score (nSPS) is 16.2. The highest BCUT2D eigenvalue weighted by molar-refractivity contribution is 8.00. The Kier molecular flexibility index (Phi) is 6.44. The minimum absolute atomic E-state index is 0.00834. The number of hydrogen-bond acceptors (Lipinski definition) is 3. The minimum Gasteiger partial charge on any atom is -0.486 e. The zero-order valence-corrected chi connectivity index (χ0v) is 18.5. The molecule has 0 aromatic heterocycles. The van der Waals surface area contributed by atoms with E-state index in [1.807, 2.05) is 0 Å².